The largest absolute Gasteiger partial charge is 0.462 e. The van der Waals surface area contributed by atoms with E-state index >= 15 is 0 Å². The number of rotatable bonds is 45. The second-order valence-corrected chi connectivity index (χ2v) is 18.3. The van der Waals surface area contributed by atoms with E-state index in [1.807, 2.05) is 0 Å². The van der Waals surface area contributed by atoms with E-state index in [9.17, 15) is 30.0 Å². The van der Waals surface area contributed by atoms with Gasteiger partial charge in [0, 0.05) is 12.8 Å². The van der Waals surface area contributed by atoms with Gasteiger partial charge in [0.05, 0.1) is 13.2 Å². The molecule has 0 amide bonds. The number of esters is 2. The van der Waals surface area contributed by atoms with Crippen molar-refractivity contribution >= 4 is 11.9 Å². The summed E-state index contributed by atoms with van der Waals surface area (Å²) in [5.41, 5.74) is 0. The Labute approximate surface area is 380 Å². The van der Waals surface area contributed by atoms with Crippen LogP contribution >= 0.6 is 0 Å². The third-order valence-corrected chi connectivity index (χ3v) is 12.4. The van der Waals surface area contributed by atoms with Gasteiger partial charge in [0.2, 0.25) is 0 Å². The molecule has 1 aliphatic rings. The molecule has 0 radical (unpaired) electrons. The lowest BCUT2D eigenvalue weighted by Crippen LogP contribution is -2.59. The first kappa shape index (κ1) is 58.5. The van der Waals surface area contributed by atoms with E-state index in [-0.39, 0.29) is 32.0 Å². The maximum atomic E-state index is 12.8. The minimum atomic E-state index is -1.59. The van der Waals surface area contributed by atoms with Crippen molar-refractivity contribution < 1.29 is 49.0 Å². The van der Waals surface area contributed by atoms with Crippen LogP contribution in [-0.2, 0) is 28.5 Å². The van der Waals surface area contributed by atoms with Crippen LogP contribution in [0.5, 0.6) is 0 Å². The lowest BCUT2D eigenvalue weighted by Gasteiger charge is -2.39. The highest BCUT2D eigenvalue weighted by Crippen LogP contribution is 2.23. The molecular formula is C52H98O10. The Balaban J connectivity index is 2.23. The van der Waals surface area contributed by atoms with E-state index in [1.54, 1.807) is 0 Å². The molecule has 4 N–H and O–H groups in total. The predicted octanol–water partition coefficient (Wildman–Crippen LogP) is 12.3. The van der Waals surface area contributed by atoms with Crippen LogP contribution in [0, 0.1) is 0 Å². The van der Waals surface area contributed by atoms with Gasteiger partial charge in [-0.15, -0.1) is 0 Å². The van der Waals surface area contributed by atoms with Crippen LogP contribution in [0.25, 0.3) is 0 Å². The molecule has 0 aromatic rings. The quantitative estimate of drug-likeness (QED) is 0.0264. The molecule has 1 heterocycles. The maximum Gasteiger partial charge on any atom is 0.306 e. The third-order valence-electron chi connectivity index (χ3n) is 12.4. The summed E-state index contributed by atoms with van der Waals surface area (Å²) in [5, 5.41) is 40.2. The Hall–Kier alpha value is -1.56. The van der Waals surface area contributed by atoms with E-state index < -0.39 is 49.4 Å². The van der Waals surface area contributed by atoms with Crippen LogP contribution in [0.15, 0.2) is 12.2 Å². The summed E-state index contributed by atoms with van der Waals surface area (Å²) in [5.74, 6) is -0.793. The topological polar surface area (TPSA) is 152 Å². The highest BCUT2D eigenvalue weighted by molar-refractivity contribution is 5.70. The van der Waals surface area contributed by atoms with Crippen LogP contribution in [-0.4, -0.2) is 89.0 Å². The highest BCUT2D eigenvalue weighted by atomic mass is 16.7. The zero-order valence-corrected chi connectivity index (χ0v) is 40.1. The number of unbranched alkanes of at least 4 members (excludes halogenated alkanes) is 32. The molecule has 0 saturated carbocycles. The Morgan fingerprint density at radius 3 is 1.27 bits per heavy atom. The van der Waals surface area contributed by atoms with Crippen molar-refractivity contribution in [3.63, 3.8) is 0 Å². The Kier molecular flexibility index (Phi) is 40.9. The molecule has 1 saturated heterocycles. The Bertz CT molecular complexity index is 1020. The zero-order chi connectivity index (χ0) is 45.1. The van der Waals surface area contributed by atoms with Crippen molar-refractivity contribution in [2.24, 2.45) is 0 Å². The average Bonchev–Trinajstić information content (AvgIpc) is 3.27. The minimum absolute atomic E-state index is 0.212. The lowest BCUT2D eigenvalue weighted by molar-refractivity contribution is -0.305. The van der Waals surface area contributed by atoms with Crippen molar-refractivity contribution in [3.8, 4) is 0 Å². The fourth-order valence-electron chi connectivity index (χ4n) is 8.24. The number of carbonyl (C=O) groups is 2. The van der Waals surface area contributed by atoms with E-state index in [4.69, 9.17) is 18.9 Å². The second kappa shape index (κ2) is 43.3. The molecule has 0 spiro atoms. The third kappa shape index (κ3) is 33.9. The predicted molar refractivity (Wildman–Crippen MR) is 252 cm³/mol. The molecule has 0 bridgehead atoms. The van der Waals surface area contributed by atoms with E-state index in [1.165, 1.54) is 180 Å². The maximum absolute atomic E-state index is 12.8. The van der Waals surface area contributed by atoms with Crippen molar-refractivity contribution in [1.29, 1.82) is 0 Å². The molecule has 1 fully saturated rings. The molecule has 10 nitrogen and oxygen atoms in total. The van der Waals surface area contributed by atoms with Gasteiger partial charge in [-0.1, -0.05) is 212 Å². The van der Waals surface area contributed by atoms with Crippen molar-refractivity contribution in [2.75, 3.05) is 19.8 Å². The number of carbonyl (C=O) groups excluding carboxylic acids is 2. The summed E-state index contributed by atoms with van der Waals surface area (Å²) >= 11 is 0. The smallest absolute Gasteiger partial charge is 0.306 e. The summed E-state index contributed by atoms with van der Waals surface area (Å²) in [4.78, 5) is 25.5. The number of aliphatic hydroxyl groups is 4. The minimum Gasteiger partial charge on any atom is -0.462 e. The molecule has 2 unspecified atom stereocenters. The number of aliphatic hydroxyl groups excluding tert-OH is 4. The normalized spacial score (nSPS) is 19.6. The molecule has 0 aliphatic carbocycles. The van der Waals surface area contributed by atoms with Gasteiger partial charge in [0.1, 0.15) is 31.0 Å². The van der Waals surface area contributed by atoms with E-state index in [0.717, 1.165) is 38.5 Å². The Morgan fingerprint density at radius 2 is 0.855 bits per heavy atom. The fraction of sp³-hybridized carbons (Fsp3) is 0.923. The summed E-state index contributed by atoms with van der Waals surface area (Å²) in [6, 6.07) is 0. The van der Waals surface area contributed by atoms with Gasteiger partial charge in [-0.3, -0.25) is 9.59 Å². The summed E-state index contributed by atoms with van der Waals surface area (Å²) in [7, 11) is 0. The summed E-state index contributed by atoms with van der Waals surface area (Å²) in [6.07, 6.45) is 40.7. The first-order valence-electron chi connectivity index (χ1n) is 26.3. The molecular weight excluding hydrogens is 785 g/mol. The van der Waals surface area contributed by atoms with Gasteiger partial charge in [0.25, 0.3) is 0 Å². The lowest BCUT2D eigenvalue weighted by atomic mass is 9.99. The SMILES string of the molecule is CCCCCC/C=C/CCCCCCCCCCCC(=O)O[C@@H](COC(=O)CCCCCCCCCCCCCCCCCCCCCC)CO[C@H]1O[C@@H](CO)[C@@H](O)C(O)C1O. The van der Waals surface area contributed by atoms with Crippen LogP contribution in [0.1, 0.15) is 251 Å². The van der Waals surface area contributed by atoms with Gasteiger partial charge in [0.15, 0.2) is 12.4 Å². The van der Waals surface area contributed by atoms with Crippen molar-refractivity contribution in [2.45, 2.75) is 288 Å². The first-order valence-corrected chi connectivity index (χ1v) is 26.3. The van der Waals surface area contributed by atoms with Crippen molar-refractivity contribution in [3.05, 3.63) is 12.2 Å². The van der Waals surface area contributed by atoms with Crippen LogP contribution < -0.4 is 0 Å². The van der Waals surface area contributed by atoms with Gasteiger partial charge in [-0.2, -0.15) is 0 Å². The van der Waals surface area contributed by atoms with Crippen LogP contribution in [0.2, 0.25) is 0 Å². The molecule has 10 heteroatoms. The van der Waals surface area contributed by atoms with Crippen LogP contribution in [0.3, 0.4) is 0 Å². The molecule has 62 heavy (non-hydrogen) atoms. The van der Waals surface area contributed by atoms with Crippen molar-refractivity contribution in [1.82, 2.24) is 0 Å². The number of allylic oxidation sites excluding steroid dienone is 2. The van der Waals surface area contributed by atoms with Gasteiger partial charge in [-0.25, -0.2) is 0 Å². The van der Waals surface area contributed by atoms with Crippen LogP contribution in [0.4, 0.5) is 0 Å². The first-order chi connectivity index (χ1) is 30.3. The number of hydrogen-bond donors (Lipinski definition) is 4. The average molecular weight is 883 g/mol. The molecule has 366 valence electrons. The standard InChI is InChI=1S/C52H98O10/c1-3-5-7-9-11-13-15-17-19-21-22-23-25-26-28-30-32-34-36-38-40-47(54)59-43-45(44-60-52-51(58)50(57)49(56)46(42-53)62-52)61-48(55)41-39-37-35-33-31-29-27-24-20-18-16-14-12-10-8-6-4-2/h14,16,45-46,49-53,56-58H,3-13,15,17-44H2,1-2H3/b16-14+/t45-,46-,49+,50?,51?,52-/m0/s1. The summed E-state index contributed by atoms with van der Waals surface area (Å²) in [6.45, 7) is 3.46. The molecule has 1 rings (SSSR count). The number of ether oxygens (including phenoxy) is 4. The molecule has 0 aromatic carbocycles. The van der Waals surface area contributed by atoms with Gasteiger partial charge in [-0.05, 0) is 38.5 Å². The number of hydrogen-bond acceptors (Lipinski definition) is 10. The molecule has 1 aliphatic heterocycles. The second-order valence-electron chi connectivity index (χ2n) is 18.3. The van der Waals surface area contributed by atoms with Gasteiger partial charge < -0.3 is 39.4 Å². The Morgan fingerprint density at radius 1 is 0.484 bits per heavy atom. The van der Waals surface area contributed by atoms with E-state index in [2.05, 4.69) is 26.0 Å². The summed E-state index contributed by atoms with van der Waals surface area (Å²) < 4.78 is 22.3. The monoisotopic (exact) mass is 883 g/mol. The molecule has 6 atom stereocenters. The van der Waals surface area contributed by atoms with Gasteiger partial charge >= 0.3 is 11.9 Å². The highest BCUT2D eigenvalue weighted by Gasteiger charge is 2.44. The fourth-order valence-corrected chi connectivity index (χ4v) is 8.24. The zero-order valence-electron chi connectivity index (χ0n) is 40.1. The molecule has 0 aromatic heterocycles. The van der Waals surface area contributed by atoms with E-state index in [0.29, 0.717) is 6.42 Å².